The molecular weight excluding hydrogens is 402 g/mol. The Bertz CT molecular complexity index is 893. The minimum atomic E-state index is -0.0297. The molecule has 1 aliphatic heterocycles. The molecule has 0 aromatic heterocycles. The van der Waals surface area contributed by atoms with Crippen LogP contribution in [0.25, 0.3) is 6.08 Å². The summed E-state index contributed by atoms with van der Waals surface area (Å²) < 4.78 is 12.2. The van der Waals surface area contributed by atoms with Gasteiger partial charge in [-0.05, 0) is 54.8 Å². The SMILES string of the molecule is CCc1ccc(OCCCOc2cccc(/C=C3/SC(=S)N(CC)C3=O)c2)cc1. The number of ether oxygens (including phenoxy) is 2. The zero-order chi connectivity index (χ0) is 20.6. The fourth-order valence-electron chi connectivity index (χ4n) is 2.88. The molecule has 2 aromatic rings. The zero-order valence-electron chi connectivity index (χ0n) is 16.7. The maximum absolute atomic E-state index is 12.3. The Labute approximate surface area is 181 Å². The van der Waals surface area contributed by atoms with E-state index in [0.29, 0.717) is 29.0 Å². The van der Waals surface area contributed by atoms with Crippen LogP contribution in [0, 0.1) is 0 Å². The second-order valence-corrected chi connectivity index (χ2v) is 8.22. The summed E-state index contributed by atoms with van der Waals surface area (Å²) in [6.07, 6.45) is 3.68. The second-order valence-electron chi connectivity index (χ2n) is 6.55. The molecule has 1 saturated heterocycles. The van der Waals surface area contributed by atoms with E-state index in [0.717, 1.165) is 29.9 Å². The largest absolute Gasteiger partial charge is 0.493 e. The first-order valence-electron chi connectivity index (χ1n) is 9.80. The van der Waals surface area contributed by atoms with Gasteiger partial charge >= 0.3 is 0 Å². The number of carbonyl (C=O) groups is 1. The molecule has 0 N–H and O–H groups in total. The highest BCUT2D eigenvalue weighted by Crippen LogP contribution is 2.32. The molecule has 1 heterocycles. The highest BCUT2D eigenvalue weighted by molar-refractivity contribution is 8.26. The summed E-state index contributed by atoms with van der Waals surface area (Å²) in [6.45, 7) is 5.82. The van der Waals surface area contributed by atoms with Crippen LogP contribution in [0.1, 0.15) is 31.4 Å². The lowest BCUT2D eigenvalue weighted by Crippen LogP contribution is -2.27. The number of thiocarbonyl (C=S) groups is 1. The average molecular weight is 428 g/mol. The number of carbonyl (C=O) groups excluding carboxylic acids is 1. The van der Waals surface area contributed by atoms with Crippen molar-refractivity contribution in [1.82, 2.24) is 4.90 Å². The molecule has 0 bridgehead atoms. The molecule has 1 amide bonds. The van der Waals surface area contributed by atoms with E-state index in [1.54, 1.807) is 4.90 Å². The summed E-state index contributed by atoms with van der Waals surface area (Å²) in [5.41, 5.74) is 2.23. The lowest BCUT2D eigenvalue weighted by molar-refractivity contribution is -0.121. The number of hydrogen-bond acceptors (Lipinski definition) is 5. The summed E-state index contributed by atoms with van der Waals surface area (Å²) >= 11 is 6.60. The molecule has 152 valence electrons. The molecule has 0 saturated carbocycles. The van der Waals surface area contributed by atoms with E-state index in [2.05, 4.69) is 19.1 Å². The Kier molecular flexibility index (Phi) is 7.72. The third kappa shape index (κ3) is 5.84. The number of nitrogens with zero attached hydrogens (tertiary/aromatic N) is 1. The van der Waals surface area contributed by atoms with E-state index in [9.17, 15) is 4.79 Å². The van der Waals surface area contributed by atoms with E-state index in [4.69, 9.17) is 21.7 Å². The van der Waals surface area contributed by atoms with Crippen molar-refractivity contribution in [3.63, 3.8) is 0 Å². The number of aryl methyl sites for hydroxylation is 1. The van der Waals surface area contributed by atoms with Gasteiger partial charge in [0.1, 0.15) is 15.8 Å². The molecule has 1 aliphatic rings. The van der Waals surface area contributed by atoms with Crippen molar-refractivity contribution in [3.05, 3.63) is 64.6 Å². The molecule has 0 atom stereocenters. The topological polar surface area (TPSA) is 38.8 Å². The molecular formula is C23H25NO3S2. The normalized spacial score (nSPS) is 15.2. The maximum Gasteiger partial charge on any atom is 0.266 e. The number of hydrogen-bond donors (Lipinski definition) is 0. The van der Waals surface area contributed by atoms with Gasteiger partial charge in [0.15, 0.2) is 0 Å². The third-order valence-corrected chi connectivity index (χ3v) is 5.88. The first-order chi connectivity index (χ1) is 14.1. The maximum atomic E-state index is 12.3. The van der Waals surface area contributed by atoms with E-state index in [1.165, 1.54) is 17.3 Å². The Morgan fingerprint density at radius 3 is 2.41 bits per heavy atom. The summed E-state index contributed by atoms with van der Waals surface area (Å²) in [5, 5.41) is 0. The van der Waals surface area contributed by atoms with Crippen LogP contribution < -0.4 is 9.47 Å². The highest BCUT2D eigenvalue weighted by atomic mass is 32.2. The van der Waals surface area contributed by atoms with Gasteiger partial charge in [-0.25, -0.2) is 0 Å². The fourth-order valence-corrected chi connectivity index (χ4v) is 4.26. The fraction of sp³-hybridized carbons (Fsp3) is 0.304. The summed E-state index contributed by atoms with van der Waals surface area (Å²) in [7, 11) is 0. The van der Waals surface area contributed by atoms with Crippen LogP contribution in [0.15, 0.2) is 53.4 Å². The summed E-state index contributed by atoms with van der Waals surface area (Å²) in [4.78, 5) is 14.6. The molecule has 0 radical (unpaired) electrons. The number of amides is 1. The van der Waals surface area contributed by atoms with Crippen molar-refractivity contribution in [1.29, 1.82) is 0 Å². The predicted molar refractivity (Wildman–Crippen MR) is 123 cm³/mol. The van der Waals surface area contributed by atoms with E-state index >= 15 is 0 Å². The van der Waals surface area contributed by atoms with Gasteiger partial charge in [0, 0.05) is 13.0 Å². The van der Waals surface area contributed by atoms with Crippen LogP contribution in [0.2, 0.25) is 0 Å². The van der Waals surface area contributed by atoms with Crippen LogP contribution in [0.5, 0.6) is 11.5 Å². The zero-order valence-corrected chi connectivity index (χ0v) is 18.4. The Hall–Kier alpha value is -2.31. The second kappa shape index (κ2) is 10.5. The van der Waals surface area contributed by atoms with Crippen LogP contribution in [-0.4, -0.2) is 34.9 Å². The van der Waals surface area contributed by atoms with Crippen molar-refractivity contribution in [2.75, 3.05) is 19.8 Å². The van der Waals surface area contributed by atoms with Gasteiger partial charge < -0.3 is 9.47 Å². The molecule has 29 heavy (non-hydrogen) atoms. The molecule has 6 heteroatoms. The van der Waals surface area contributed by atoms with Crippen molar-refractivity contribution in [2.45, 2.75) is 26.7 Å². The van der Waals surface area contributed by atoms with Crippen molar-refractivity contribution >= 4 is 40.3 Å². The first kappa shape index (κ1) is 21.4. The minimum absolute atomic E-state index is 0.0297. The number of thioether (sulfide) groups is 1. The number of likely N-dealkylation sites (N-methyl/N-ethyl adjacent to an activating group) is 1. The average Bonchev–Trinajstić information content (AvgIpc) is 3.00. The van der Waals surface area contributed by atoms with Gasteiger partial charge in [0.25, 0.3) is 5.91 Å². The van der Waals surface area contributed by atoms with Crippen molar-refractivity contribution < 1.29 is 14.3 Å². The number of benzene rings is 2. The first-order valence-corrected chi connectivity index (χ1v) is 11.0. The molecule has 0 unspecified atom stereocenters. The minimum Gasteiger partial charge on any atom is -0.493 e. The van der Waals surface area contributed by atoms with Crippen LogP contribution in [-0.2, 0) is 11.2 Å². The Morgan fingerprint density at radius 2 is 1.76 bits per heavy atom. The van der Waals surface area contributed by atoms with Gasteiger partial charge in [-0.15, -0.1) is 0 Å². The molecule has 2 aromatic carbocycles. The Morgan fingerprint density at radius 1 is 1.03 bits per heavy atom. The lowest BCUT2D eigenvalue weighted by atomic mass is 10.2. The molecule has 1 fully saturated rings. The van der Waals surface area contributed by atoms with E-state index in [1.807, 2.05) is 49.4 Å². The van der Waals surface area contributed by atoms with Crippen molar-refractivity contribution in [2.24, 2.45) is 0 Å². The van der Waals surface area contributed by atoms with Gasteiger partial charge in [-0.1, -0.05) is 55.2 Å². The van der Waals surface area contributed by atoms with Gasteiger partial charge in [-0.2, -0.15) is 0 Å². The third-order valence-electron chi connectivity index (χ3n) is 4.50. The van der Waals surface area contributed by atoms with Gasteiger partial charge in [0.2, 0.25) is 0 Å². The van der Waals surface area contributed by atoms with Gasteiger partial charge in [0.05, 0.1) is 18.1 Å². The van der Waals surface area contributed by atoms with E-state index < -0.39 is 0 Å². The van der Waals surface area contributed by atoms with Gasteiger partial charge in [-0.3, -0.25) is 9.69 Å². The van der Waals surface area contributed by atoms with Crippen LogP contribution in [0.3, 0.4) is 0 Å². The summed E-state index contributed by atoms with van der Waals surface area (Å²) in [6, 6.07) is 15.9. The number of rotatable bonds is 9. The van der Waals surface area contributed by atoms with Crippen LogP contribution in [0.4, 0.5) is 0 Å². The Balaban J connectivity index is 1.48. The monoisotopic (exact) mass is 427 g/mol. The lowest BCUT2D eigenvalue weighted by Gasteiger charge is -2.10. The predicted octanol–water partition coefficient (Wildman–Crippen LogP) is 5.32. The molecule has 4 nitrogen and oxygen atoms in total. The quantitative estimate of drug-likeness (QED) is 0.308. The van der Waals surface area contributed by atoms with Crippen LogP contribution >= 0.6 is 24.0 Å². The molecule has 0 spiro atoms. The summed E-state index contributed by atoms with van der Waals surface area (Å²) in [5.74, 6) is 1.63. The molecule has 0 aliphatic carbocycles. The standard InChI is InChI=1S/C23H25NO3S2/c1-3-17-9-11-19(12-10-17)26-13-6-14-27-20-8-5-7-18(15-20)16-21-22(25)24(4-2)23(28)29-21/h5,7-12,15-16H,3-4,6,13-14H2,1-2H3/b21-16+. The van der Waals surface area contributed by atoms with Crippen molar-refractivity contribution in [3.8, 4) is 11.5 Å². The molecule has 3 rings (SSSR count). The highest BCUT2D eigenvalue weighted by Gasteiger charge is 2.30. The van der Waals surface area contributed by atoms with E-state index in [-0.39, 0.29) is 5.91 Å². The smallest absolute Gasteiger partial charge is 0.266 e.